The highest BCUT2D eigenvalue weighted by atomic mass is 16.5. The molecule has 0 aliphatic carbocycles. The SMILES string of the molecule is CCCCCC(CCOC)NCC. The van der Waals surface area contributed by atoms with Crippen LogP contribution < -0.4 is 5.32 Å². The maximum absolute atomic E-state index is 5.08. The van der Waals surface area contributed by atoms with Gasteiger partial charge in [-0.3, -0.25) is 0 Å². The van der Waals surface area contributed by atoms with Gasteiger partial charge < -0.3 is 10.1 Å². The fourth-order valence-corrected chi connectivity index (χ4v) is 1.54. The first-order valence-electron chi connectivity index (χ1n) is 5.57. The van der Waals surface area contributed by atoms with Crippen LogP contribution in [0.3, 0.4) is 0 Å². The third kappa shape index (κ3) is 8.26. The topological polar surface area (TPSA) is 21.3 Å². The zero-order valence-electron chi connectivity index (χ0n) is 9.44. The van der Waals surface area contributed by atoms with Crippen LogP contribution in [0.4, 0.5) is 0 Å². The molecule has 2 heteroatoms. The van der Waals surface area contributed by atoms with Gasteiger partial charge in [-0.15, -0.1) is 0 Å². The summed E-state index contributed by atoms with van der Waals surface area (Å²) >= 11 is 0. The lowest BCUT2D eigenvalue weighted by Gasteiger charge is -2.16. The van der Waals surface area contributed by atoms with E-state index in [1.54, 1.807) is 7.11 Å². The normalized spacial score (nSPS) is 13.2. The molecule has 2 nitrogen and oxygen atoms in total. The number of methoxy groups -OCH3 is 1. The fourth-order valence-electron chi connectivity index (χ4n) is 1.54. The van der Waals surface area contributed by atoms with Gasteiger partial charge in [0.05, 0.1) is 0 Å². The smallest absolute Gasteiger partial charge is 0.0477 e. The molecule has 0 radical (unpaired) electrons. The van der Waals surface area contributed by atoms with Crippen LogP contribution in [0, 0.1) is 0 Å². The van der Waals surface area contributed by atoms with Crippen molar-refractivity contribution >= 4 is 0 Å². The summed E-state index contributed by atoms with van der Waals surface area (Å²) in [4.78, 5) is 0. The van der Waals surface area contributed by atoms with E-state index in [1.165, 1.54) is 25.7 Å². The Morgan fingerprint density at radius 3 is 2.46 bits per heavy atom. The molecule has 0 amide bonds. The number of hydrogen-bond acceptors (Lipinski definition) is 2. The largest absolute Gasteiger partial charge is 0.385 e. The molecule has 0 saturated heterocycles. The molecule has 1 atom stereocenters. The van der Waals surface area contributed by atoms with Crippen LogP contribution in [0.15, 0.2) is 0 Å². The monoisotopic (exact) mass is 187 g/mol. The fraction of sp³-hybridized carbons (Fsp3) is 1.00. The average Bonchev–Trinajstić information content (AvgIpc) is 2.14. The van der Waals surface area contributed by atoms with E-state index in [-0.39, 0.29) is 0 Å². The molecule has 0 saturated carbocycles. The number of rotatable bonds is 9. The summed E-state index contributed by atoms with van der Waals surface area (Å²) in [7, 11) is 1.77. The van der Waals surface area contributed by atoms with Crippen LogP contribution in [-0.2, 0) is 4.74 Å². The predicted octanol–water partition coefficient (Wildman–Crippen LogP) is 2.58. The highest BCUT2D eigenvalue weighted by Crippen LogP contribution is 2.06. The molecule has 0 aromatic heterocycles. The molecule has 80 valence electrons. The van der Waals surface area contributed by atoms with Gasteiger partial charge in [0.1, 0.15) is 0 Å². The molecule has 1 N–H and O–H groups in total. The first-order valence-corrected chi connectivity index (χ1v) is 5.57. The molecule has 0 spiro atoms. The summed E-state index contributed by atoms with van der Waals surface area (Å²) in [6.07, 6.45) is 6.45. The van der Waals surface area contributed by atoms with Gasteiger partial charge in [-0.1, -0.05) is 33.1 Å². The van der Waals surface area contributed by atoms with Crippen molar-refractivity contribution in [2.75, 3.05) is 20.3 Å². The van der Waals surface area contributed by atoms with Crippen LogP contribution in [0.25, 0.3) is 0 Å². The minimum Gasteiger partial charge on any atom is -0.385 e. The van der Waals surface area contributed by atoms with Crippen LogP contribution in [-0.4, -0.2) is 26.3 Å². The molecule has 0 fully saturated rings. The molecule has 13 heavy (non-hydrogen) atoms. The minimum atomic E-state index is 0.663. The summed E-state index contributed by atoms with van der Waals surface area (Å²) in [6, 6.07) is 0.663. The second-order valence-corrected chi connectivity index (χ2v) is 3.53. The maximum atomic E-state index is 5.08. The molecule has 0 aromatic carbocycles. The Labute approximate surface area is 83.1 Å². The maximum Gasteiger partial charge on any atom is 0.0477 e. The summed E-state index contributed by atoms with van der Waals surface area (Å²) in [6.45, 7) is 6.36. The summed E-state index contributed by atoms with van der Waals surface area (Å²) in [5, 5.41) is 3.50. The van der Waals surface area contributed by atoms with Gasteiger partial charge in [-0.25, -0.2) is 0 Å². The van der Waals surface area contributed by atoms with Crippen molar-refractivity contribution in [3.05, 3.63) is 0 Å². The zero-order valence-corrected chi connectivity index (χ0v) is 9.44. The number of ether oxygens (including phenoxy) is 1. The van der Waals surface area contributed by atoms with Gasteiger partial charge in [0.25, 0.3) is 0 Å². The van der Waals surface area contributed by atoms with Crippen molar-refractivity contribution in [2.45, 2.75) is 52.0 Å². The van der Waals surface area contributed by atoms with Gasteiger partial charge in [0.15, 0.2) is 0 Å². The lowest BCUT2D eigenvalue weighted by Crippen LogP contribution is -2.29. The van der Waals surface area contributed by atoms with E-state index in [4.69, 9.17) is 4.74 Å². The number of nitrogens with one attached hydrogen (secondary N) is 1. The van der Waals surface area contributed by atoms with Crippen LogP contribution >= 0.6 is 0 Å². The molecule has 0 heterocycles. The van der Waals surface area contributed by atoms with Crippen molar-refractivity contribution in [2.24, 2.45) is 0 Å². The Balaban J connectivity index is 3.41. The van der Waals surface area contributed by atoms with E-state index in [1.807, 2.05) is 0 Å². The van der Waals surface area contributed by atoms with E-state index in [9.17, 15) is 0 Å². The Bertz CT molecular complexity index is 96.1. The van der Waals surface area contributed by atoms with Crippen molar-refractivity contribution in [3.63, 3.8) is 0 Å². The van der Waals surface area contributed by atoms with E-state index in [0.29, 0.717) is 6.04 Å². The third-order valence-electron chi connectivity index (χ3n) is 2.32. The van der Waals surface area contributed by atoms with E-state index in [0.717, 1.165) is 19.6 Å². The zero-order chi connectivity index (χ0) is 9.94. The van der Waals surface area contributed by atoms with Crippen LogP contribution in [0.1, 0.15) is 46.0 Å². The van der Waals surface area contributed by atoms with Crippen molar-refractivity contribution in [3.8, 4) is 0 Å². The second kappa shape index (κ2) is 10.0. The standard InChI is InChI=1S/C11H25NO/c1-4-6-7-8-11(12-5-2)9-10-13-3/h11-12H,4-10H2,1-3H3. The molecular formula is C11H25NO. The Kier molecular flexibility index (Phi) is 9.94. The van der Waals surface area contributed by atoms with Crippen molar-refractivity contribution in [1.29, 1.82) is 0 Å². The summed E-state index contributed by atoms with van der Waals surface area (Å²) in [5.74, 6) is 0. The van der Waals surface area contributed by atoms with Crippen LogP contribution in [0.5, 0.6) is 0 Å². The third-order valence-corrected chi connectivity index (χ3v) is 2.32. The Morgan fingerprint density at radius 1 is 1.15 bits per heavy atom. The number of hydrogen-bond donors (Lipinski definition) is 1. The Hall–Kier alpha value is -0.0800. The first kappa shape index (κ1) is 12.9. The van der Waals surface area contributed by atoms with E-state index in [2.05, 4.69) is 19.2 Å². The average molecular weight is 187 g/mol. The highest BCUT2D eigenvalue weighted by molar-refractivity contribution is 4.65. The summed E-state index contributed by atoms with van der Waals surface area (Å²) < 4.78 is 5.08. The molecule has 0 bridgehead atoms. The molecule has 0 aromatic rings. The van der Waals surface area contributed by atoms with Gasteiger partial charge in [0.2, 0.25) is 0 Å². The second-order valence-electron chi connectivity index (χ2n) is 3.53. The van der Waals surface area contributed by atoms with Gasteiger partial charge in [-0.05, 0) is 19.4 Å². The predicted molar refractivity (Wildman–Crippen MR) is 58.1 cm³/mol. The highest BCUT2D eigenvalue weighted by Gasteiger charge is 2.05. The van der Waals surface area contributed by atoms with Crippen molar-refractivity contribution in [1.82, 2.24) is 5.32 Å². The first-order chi connectivity index (χ1) is 6.35. The number of unbranched alkanes of at least 4 members (excludes halogenated alkanes) is 2. The molecule has 0 aliphatic rings. The van der Waals surface area contributed by atoms with E-state index >= 15 is 0 Å². The lowest BCUT2D eigenvalue weighted by molar-refractivity contribution is 0.180. The molecular weight excluding hydrogens is 162 g/mol. The Morgan fingerprint density at radius 2 is 1.92 bits per heavy atom. The molecule has 0 rings (SSSR count). The van der Waals surface area contributed by atoms with Gasteiger partial charge >= 0.3 is 0 Å². The van der Waals surface area contributed by atoms with Crippen molar-refractivity contribution < 1.29 is 4.74 Å². The molecule has 1 unspecified atom stereocenters. The minimum absolute atomic E-state index is 0.663. The van der Waals surface area contributed by atoms with Gasteiger partial charge in [-0.2, -0.15) is 0 Å². The van der Waals surface area contributed by atoms with Crippen LogP contribution in [0.2, 0.25) is 0 Å². The quantitative estimate of drug-likeness (QED) is 0.560. The lowest BCUT2D eigenvalue weighted by atomic mass is 10.1. The summed E-state index contributed by atoms with van der Waals surface area (Å²) in [5.41, 5.74) is 0. The molecule has 0 aliphatic heterocycles. The van der Waals surface area contributed by atoms with E-state index < -0.39 is 0 Å². The van der Waals surface area contributed by atoms with Gasteiger partial charge in [0, 0.05) is 19.8 Å².